The Kier molecular flexibility index (Phi) is 9.04. The van der Waals surface area contributed by atoms with E-state index < -0.39 is 0 Å². The van der Waals surface area contributed by atoms with Crippen molar-refractivity contribution >= 4 is 17.3 Å². The van der Waals surface area contributed by atoms with E-state index in [1.165, 1.54) is 19.3 Å². The zero-order chi connectivity index (χ0) is 19.3. The van der Waals surface area contributed by atoms with Crippen LogP contribution >= 0.6 is 0 Å². The molecule has 0 atom stereocenters. The third-order valence-electron chi connectivity index (χ3n) is 4.13. The van der Waals surface area contributed by atoms with Gasteiger partial charge in [-0.05, 0) is 49.2 Å². The van der Waals surface area contributed by atoms with Crippen LogP contribution in [0.4, 0.5) is 11.4 Å². The molecule has 0 fully saturated rings. The molecule has 3 N–H and O–H groups in total. The van der Waals surface area contributed by atoms with E-state index >= 15 is 0 Å². The SMILES string of the molecule is CCCCCCOc1ccc(NC(=O)CCCOc2ccccc2N)cc1. The van der Waals surface area contributed by atoms with Crippen LogP contribution in [0.2, 0.25) is 0 Å². The number of nitrogens with two attached hydrogens (primary N) is 1. The highest BCUT2D eigenvalue weighted by molar-refractivity contribution is 5.90. The Morgan fingerprint density at radius 2 is 1.67 bits per heavy atom. The van der Waals surface area contributed by atoms with Crippen molar-refractivity contribution < 1.29 is 14.3 Å². The van der Waals surface area contributed by atoms with Gasteiger partial charge >= 0.3 is 0 Å². The van der Waals surface area contributed by atoms with E-state index in [2.05, 4.69) is 12.2 Å². The fraction of sp³-hybridized carbons (Fsp3) is 0.409. The molecule has 27 heavy (non-hydrogen) atoms. The lowest BCUT2D eigenvalue weighted by Crippen LogP contribution is -2.13. The lowest BCUT2D eigenvalue weighted by atomic mass is 10.2. The number of carbonyl (C=O) groups excluding carboxylic acids is 1. The minimum atomic E-state index is -0.0344. The number of hydrogen-bond acceptors (Lipinski definition) is 4. The molecular formula is C22H30N2O3. The number of benzene rings is 2. The summed E-state index contributed by atoms with van der Waals surface area (Å²) in [7, 11) is 0. The van der Waals surface area contributed by atoms with Crippen molar-refractivity contribution in [2.24, 2.45) is 0 Å². The molecule has 0 bridgehead atoms. The first-order chi connectivity index (χ1) is 13.2. The Morgan fingerprint density at radius 3 is 2.41 bits per heavy atom. The maximum Gasteiger partial charge on any atom is 0.224 e. The summed E-state index contributed by atoms with van der Waals surface area (Å²) in [6.07, 6.45) is 5.76. The Morgan fingerprint density at radius 1 is 0.926 bits per heavy atom. The molecule has 0 aromatic heterocycles. The molecule has 5 nitrogen and oxygen atoms in total. The number of para-hydroxylation sites is 2. The second kappa shape index (κ2) is 11.8. The maximum absolute atomic E-state index is 12.0. The van der Waals surface area contributed by atoms with Crippen LogP contribution in [0, 0.1) is 0 Å². The van der Waals surface area contributed by atoms with E-state index in [0.29, 0.717) is 30.9 Å². The van der Waals surface area contributed by atoms with E-state index in [1.807, 2.05) is 42.5 Å². The number of amides is 1. The minimum Gasteiger partial charge on any atom is -0.494 e. The van der Waals surface area contributed by atoms with Crippen molar-refractivity contribution in [3.63, 3.8) is 0 Å². The lowest BCUT2D eigenvalue weighted by Gasteiger charge is -2.09. The van der Waals surface area contributed by atoms with Crippen LogP contribution in [0.5, 0.6) is 11.5 Å². The maximum atomic E-state index is 12.0. The summed E-state index contributed by atoms with van der Waals surface area (Å²) in [5, 5.41) is 2.89. The fourth-order valence-electron chi connectivity index (χ4n) is 2.60. The number of rotatable bonds is 12. The van der Waals surface area contributed by atoms with Crippen molar-refractivity contribution in [3.8, 4) is 11.5 Å². The number of unbranched alkanes of at least 4 members (excludes halogenated alkanes) is 3. The third-order valence-corrected chi connectivity index (χ3v) is 4.13. The Labute approximate surface area is 161 Å². The average molecular weight is 370 g/mol. The van der Waals surface area contributed by atoms with Gasteiger partial charge in [0, 0.05) is 12.1 Å². The van der Waals surface area contributed by atoms with Gasteiger partial charge < -0.3 is 20.5 Å². The monoisotopic (exact) mass is 370 g/mol. The van der Waals surface area contributed by atoms with Crippen LogP contribution in [0.15, 0.2) is 48.5 Å². The number of nitrogen functional groups attached to an aromatic ring is 1. The molecule has 0 aliphatic carbocycles. The highest BCUT2D eigenvalue weighted by Crippen LogP contribution is 2.20. The van der Waals surface area contributed by atoms with Crippen molar-refractivity contribution in [2.75, 3.05) is 24.3 Å². The first-order valence-corrected chi connectivity index (χ1v) is 9.69. The molecule has 1 amide bonds. The fourth-order valence-corrected chi connectivity index (χ4v) is 2.60. The van der Waals surface area contributed by atoms with E-state index in [-0.39, 0.29) is 5.91 Å². The highest BCUT2D eigenvalue weighted by atomic mass is 16.5. The second-order valence-electron chi connectivity index (χ2n) is 6.47. The summed E-state index contributed by atoms with van der Waals surface area (Å²) in [5.41, 5.74) is 7.19. The van der Waals surface area contributed by atoms with Crippen LogP contribution in [0.3, 0.4) is 0 Å². The predicted molar refractivity (Wildman–Crippen MR) is 110 cm³/mol. The molecule has 0 saturated carbocycles. The van der Waals surface area contributed by atoms with Crippen molar-refractivity contribution in [1.29, 1.82) is 0 Å². The molecule has 0 aliphatic heterocycles. The summed E-state index contributed by atoms with van der Waals surface area (Å²) in [5.74, 6) is 1.45. The van der Waals surface area contributed by atoms with Gasteiger partial charge in [0.1, 0.15) is 11.5 Å². The number of anilines is 2. The summed E-state index contributed by atoms with van der Waals surface area (Å²) >= 11 is 0. The minimum absolute atomic E-state index is 0.0344. The predicted octanol–water partition coefficient (Wildman–Crippen LogP) is 5.03. The Balaban J connectivity index is 1.63. The van der Waals surface area contributed by atoms with Crippen LogP contribution in [0.1, 0.15) is 45.4 Å². The molecule has 5 heteroatoms. The van der Waals surface area contributed by atoms with Gasteiger partial charge in [0.05, 0.1) is 18.9 Å². The first kappa shape index (κ1) is 20.6. The molecular weight excluding hydrogens is 340 g/mol. The third kappa shape index (κ3) is 8.03. The number of nitrogens with one attached hydrogen (secondary N) is 1. The number of carbonyl (C=O) groups is 1. The van der Waals surface area contributed by atoms with E-state index in [0.717, 1.165) is 24.5 Å². The lowest BCUT2D eigenvalue weighted by molar-refractivity contribution is -0.116. The average Bonchev–Trinajstić information content (AvgIpc) is 2.68. The van der Waals surface area contributed by atoms with Gasteiger partial charge in [0.25, 0.3) is 0 Å². The zero-order valence-corrected chi connectivity index (χ0v) is 16.1. The van der Waals surface area contributed by atoms with Gasteiger partial charge in [-0.25, -0.2) is 0 Å². The molecule has 0 heterocycles. The van der Waals surface area contributed by atoms with Gasteiger partial charge in [-0.3, -0.25) is 4.79 Å². The van der Waals surface area contributed by atoms with Gasteiger partial charge in [0.15, 0.2) is 0 Å². The second-order valence-corrected chi connectivity index (χ2v) is 6.47. The van der Waals surface area contributed by atoms with E-state index in [4.69, 9.17) is 15.2 Å². The van der Waals surface area contributed by atoms with Crippen molar-refractivity contribution in [2.45, 2.75) is 45.4 Å². The Hall–Kier alpha value is -2.69. The normalized spacial score (nSPS) is 10.4. The molecule has 0 unspecified atom stereocenters. The first-order valence-electron chi connectivity index (χ1n) is 9.69. The van der Waals surface area contributed by atoms with E-state index in [9.17, 15) is 4.79 Å². The molecule has 0 aliphatic rings. The van der Waals surface area contributed by atoms with Crippen molar-refractivity contribution in [3.05, 3.63) is 48.5 Å². The van der Waals surface area contributed by atoms with Crippen LogP contribution < -0.4 is 20.5 Å². The molecule has 2 aromatic carbocycles. The number of ether oxygens (including phenoxy) is 2. The highest BCUT2D eigenvalue weighted by Gasteiger charge is 2.04. The summed E-state index contributed by atoms with van der Waals surface area (Å²) < 4.78 is 11.3. The largest absolute Gasteiger partial charge is 0.494 e. The van der Waals surface area contributed by atoms with Crippen LogP contribution in [0.25, 0.3) is 0 Å². The quantitative estimate of drug-likeness (QED) is 0.406. The van der Waals surface area contributed by atoms with E-state index in [1.54, 1.807) is 6.07 Å². The summed E-state index contributed by atoms with van der Waals surface area (Å²) in [6, 6.07) is 14.8. The van der Waals surface area contributed by atoms with Gasteiger partial charge in [-0.15, -0.1) is 0 Å². The summed E-state index contributed by atoms with van der Waals surface area (Å²) in [6.45, 7) is 3.38. The van der Waals surface area contributed by atoms with Crippen LogP contribution in [-0.4, -0.2) is 19.1 Å². The zero-order valence-electron chi connectivity index (χ0n) is 16.1. The molecule has 0 radical (unpaired) electrons. The molecule has 2 rings (SSSR count). The van der Waals surface area contributed by atoms with Gasteiger partial charge in [-0.2, -0.15) is 0 Å². The summed E-state index contributed by atoms with van der Waals surface area (Å²) in [4.78, 5) is 12.0. The van der Waals surface area contributed by atoms with Gasteiger partial charge in [-0.1, -0.05) is 38.3 Å². The molecule has 0 saturated heterocycles. The Bertz CT molecular complexity index is 686. The molecule has 0 spiro atoms. The smallest absolute Gasteiger partial charge is 0.224 e. The van der Waals surface area contributed by atoms with Crippen molar-refractivity contribution in [1.82, 2.24) is 0 Å². The topological polar surface area (TPSA) is 73.6 Å². The van der Waals surface area contributed by atoms with Crippen LogP contribution in [-0.2, 0) is 4.79 Å². The standard InChI is InChI=1S/C22H30N2O3/c1-2-3-4-7-16-26-19-14-12-18(13-15-19)24-22(25)11-8-17-27-21-10-6-5-9-20(21)23/h5-6,9-10,12-15H,2-4,7-8,11,16-17,23H2,1H3,(H,24,25). The molecule has 146 valence electrons. The van der Waals surface area contributed by atoms with Gasteiger partial charge in [0.2, 0.25) is 5.91 Å². The number of hydrogen-bond donors (Lipinski definition) is 2. The molecule has 2 aromatic rings.